The number of piperazine rings is 1. The van der Waals surface area contributed by atoms with Crippen molar-refractivity contribution in [3.8, 4) is 0 Å². The number of rotatable bonds is 5. The molecule has 1 aliphatic heterocycles. The molecular formula is C24H25N3O3. The predicted octanol–water partition coefficient (Wildman–Crippen LogP) is 4.29. The minimum atomic E-state index is -0.328. The van der Waals surface area contributed by atoms with E-state index in [1.165, 1.54) is 11.3 Å². The van der Waals surface area contributed by atoms with Gasteiger partial charge in [-0.05, 0) is 55.8 Å². The summed E-state index contributed by atoms with van der Waals surface area (Å²) in [6.45, 7) is 7.32. The zero-order valence-corrected chi connectivity index (χ0v) is 17.2. The van der Waals surface area contributed by atoms with Crippen molar-refractivity contribution in [1.82, 2.24) is 0 Å². The third kappa shape index (κ3) is 4.08. The van der Waals surface area contributed by atoms with Crippen molar-refractivity contribution in [3.63, 3.8) is 0 Å². The molecule has 2 heterocycles. The fourth-order valence-electron chi connectivity index (χ4n) is 3.85. The molecule has 0 bridgehead atoms. The highest BCUT2D eigenvalue weighted by atomic mass is 16.3. The normalized spacial score (nSPS) is 13.9. The van der Waals surface area contributed by atoms with Crippen molar-refractivity contribution in [3.05, 3.63) is 77.2 Å². The minimum absolute atomic E-state index is 0.249. The molecule has 6 heteroatoms. The van der Waals surface area contributed by atoms with Crippen molar-refractivity contribution < 1.29 is 14.0 Å². The van der Waals surface area contributed by atoms with Crippen LogP contribution in [-0.4, -0.2) is 38.4 Å². The Bertz CT molecular complexity index is 1070. The molecule has 0 atom stereocenters. The van der Waals surface area contributed by atoms with Crippen LogP contribution in [-0.2, 0) is 0 Å². The van der Waals surface area contributed by atoms with Crippen molar-refractivity contribution in [2.75, 3.05) is 41.3 Å². The number of anilines is 3. The van der Waals surface area contributed by atoms with E-state index >= 15 is 0 Å². The molecule has 6 nitrogen and oxygen atoms in total. The summed E-state index contributed by atoms with van der Waals surface area (Å²) < 4.78 is 5.43. The van der Waals surface area contributed by atoms with Gasteiger partial charge in [0, 0.05) is 37.4 Å². The van der Waals surface area contributed by atoms with Crippen LogP contribution in [0.1, 0.15) is 32.2 Å². The maximum absolute atomic E-state index is 12.6. The van der Waals surface area contributed by atoms with E-state index in [-0.39, 0.29) is 11.7 Å². The highest BCUT2D eigenvalue weighted by Gasteiger charge is 2.22. The largest absolute Gasteiger partial charge is 0.456 e. The number of furan rings is 1. The Labute approximate surface area is 176 Å². The highest BCUT2D eigenvalue weighted by molar-refractivity contribution is 6.04. The molecule has 154 valence electrons. The summed E-state index contributed by atoms with van der Waals surface area (Å²) >= 11 is 0. The van der Waals surface area contributed by atoms with E-state index in [1.54, 1.807) is 31.2 Å². The second-order valence-corrected chi connectivity index (χ2v) is 7.52. The first kappa shape index (κ1) is 19.8. The fourth-order valence-corrected chi connectivity index (χ4v) is 3.85. The molecule has 1 saturated heterocycles. The van der Waals surface area contributed by atoms with Crippen LogP contribution in [0.4, 0.5) is 17.1 Å². The van der Waals surface area contributed by atoms with E-state index in [0.717, 1.165) is 38.2 Å². The van der Waals surface area contributed by atoms with Crippen LogP contribution in [0.25, 0.3) is 0 Å². The molecule has 0 unspecified atom stereocenters. The van der Waals surface area contributed by atoms with Crippen LogP contribution in [0, 0.1) is 13.8 Å². The average Bonchev–Trinajstić information content (AvgIpc) is 3.21. The Morgan fingerprint density at radius 3 is 2.27 bits per heavy atom. The topological polar surface area (TPSA) is 65.8 Å². The van der Waals surface area contributed by atoms with Gasteiger partial charge in [0.2, 0.25) is 0 Å². The van der Waals surface area contributed by atoms with Crippen LogP contribution in [0.15, 0.2) is 59.0 Å². The van der Waals surface area contributed by atoms with Gasteiger partial charge in [-0.25, -0.2) is 0 Å². The third-order valence-corrected chi connectivity index (χ3v) is 5.45. The molecular weight excluding hydrogens is 378 g/mol. The van der Waals surface area contributed by atoms with Crippen molar-refractivity contribution in [2.24, 2.45) is 0 Å². The molecule has 0 spiro atoms. The fraction of sp³-hybridized carbons (Fsp3) is 0.250. The van der Waals surface area contributed by atoms with Gasteiger partial charge in [-0.1, -0.05) is 18.2 Å². The Kier molecular flexibility index (Phi) is 5.57. The second-order valence-electron chi connectivity index (χ2n) is 7.52. The molecule has 2 aromatic carbocycles. The van der Waals surface area contributed by atoms with E-state index < -0.39 is 0 Å². The number of para-hydroxylation sites is 1. The Morgan fingerprint density at radius 1 is 0.933 bits per heavy atom. The Hall–Kier alpha value is -3.54. The summed E-state index contributed by atoms with van der Waals surface area (Å²) in [6, 6.07) is 17.2. The molecule has 4 rings (SSSR count). The van der Waals surface area contributed by atoms with E-state index in [0.29, 0.717) is 17.0 Å². The predicted molar refractivity (Wildman–Crippen MR) is 119 cm³/mol. The molecule has 1 aliphatic rings. The number of aryl methyl sites for hydroxylation is 2. The number of benzene rings is 2. The Morgan fingerprint density at radius 2 is 1.63 bits per heavy atom. The molecule has 0 radical (unpaired) electrons. The van der Waals surface area contributed by atoms with E-state index in [4.69, 9.17) is 4.42 Å². The highest BCUT2D eigenvalue weighted by Crippen LogP contribution is 2.30. The molecule has 1 amide bonds. The zero-order chi connectivity index (χ0) is 21.1. The molecule has 0 aliphatic carbocycles. The summed E-state index contributed by atoms with van der Waals surface area (Å²) in [5, 5.41) is 2.92. The van der Waals surface area contributed by atoms with Crippen molar-refractivity contribution >= 4 is 29.3 Å². The molecule has 1 fully saturated rings. The Balaban J connectivity index is 1.53. The van der Waals surface area contributed by atoms with Crippen molar-refractivity contribution in [2.45, 2.75) is 13.8 Å². The summed E-state index contributed by atoms with van der Waals surface area (Å²) in [7, 11) is 0. The number of nitrogens with zero attached hydrogens (tertiary/aromatic N) is 2. The van der Waals surface area contributed by atoms with Crippen LogP contribution in [0.5, 0.6) is 0 Å². The number of nitrogens with one attached hydrogen (secondary N) is 1. The van der Waals surface area contributed by atoms with Gasteiger partial charge in [0.05, 0.1) is 11.4 Å². The number of carbonyl (C=O) groups excluding carboxylic acids is 2. The lowest BCUT2D eigenvalue weighted by molar-refractivity contribution is 0.0995. The van der Waals surface area contributed by atoms with Crippen LogP contribution in [0.2, 0.25) is 0 Å². The molecule has 1 aromatic heterocycles. The number of hydrogen-bond donors (Lipinski definition) is 1. The van der Waals surface area contributed by atoms with Crippen LogP contribution in [0.3, 0.4) is 0 Å². The lowest BCUT2D eigenvalue weighted by Gasteiger charge is -2.38. The van der Waals surface area contributed by atoms with Gasteiger partial charge in [-0.15, -0.1) is 0 Å². The molecule has 30 heavy (non-hydrogen) atoms. The molecule has 0 saturated carbocycles. The van der Waals surface area contributed by atoms with Gasteiger partial charge in [0.25, 0.3) is 5.91 Å². The van der Waals surface area contributed by atoms with Gasteiger partial charge in [0.15, 0.2) is 5.76 Å². The summed E-state index contributed by atoms with van der Waals surface area (Å²) in [5.74, 6) is 0.597. The standard InChI is InChI=1S/C24H25N3O3/c1-17-5-3-4-6-21(17)26-11-13-27(14-12-26)22-9-8-19(16-28)15-20(22)25-24(29)23-10-7-18(2)30-23/h3-10,15-16H,11-14H2,1-2H3,(H,25,29). The molecule has 3 aromatic rings. The number of aldehydes is 1. The first-order chi connectivity index (χ1) is 14.5. The van der Waals surface area contributed by atoms with Crippen LogP contribution < -0.4 is 15.1 Å². The van der Waals surface area contributed by atoms with Gasteiger partial charge >= 0.3 is 0 Å². The first-order valence-electron chi connectivity index (χ1n) is 10.1. The number of amides is 1. The monoisotopic (exact) mass is 403 g/mol. The van der Waals surface area contributed by atoms with E-state index in [2.05, 4.69) is 46.3 Å². The number of hydrogen-bond acceptors (Lipinski definition) is 5. The summed E-state index contributed by atoms with van der Waals surface area (Å²) in [4.78, 5) is 28.5. The van der Waals surface area contributed by atoms with Crippen molar-refractivity contribution in [1.29, 1.82) is 0 Å². The minimum Gasteiger partial charge on any atom is -0.456 e. The maximum atomic E-state index is 12.6. The second kappa shape index (κ2) is 8.45. The van der Waals surface area contributed by atoms with Gasteiger partial charge < -0.3 is 19.5 Å². The van der Waals surface area contributed by atoms with Crippen LogP contribution >= 0.6 is 0 Å². The third-order valence-electron chi connectivity index (χ3n) is 5.45. The maximum Gasteiger partial charge on any atom is 0.291 e. The number of carbonyl (C=O) groups is 2. The first-order valence-corrected chi connectivity index (χ1v) is 10.1. The van der Waals surface area contributed by atoms with Gasteiger partial charge in [0.1, 0.15) is 12.0 Å². The smallest absolute Gasteiger partial charge is 0.291 e. The zero-order valence-electron chi connectivity index (χ0n) is 17.2. The van der Waals surface area contributed by atoms with Gasteiger partial charge in [-0.3, -0.25) is 9.59 Å². The molecule has 1 N–H and O–H groups in total. The lowest BCUT2D eigenvalue weighted by atomic mass is 10.1. The summed E-state index contributed by atoms with van der Waals surface area (Å²) in [5.41, 5.74) is 4.56. The van der Waals surface area contributed by atoms with Gasteiger partial charge in [-0.2, -0.15) is 0 Å². The summed E-state index contributed by atoms with van der Waals surface area (Å²) in [6.07, 6.45) is 0.784. The van der Waals surface area contributed by atoms with E-state index in [9.17, 15) is 9.59 Å². The SMILES string of the molecule is Cc1ccc(C(=O)Nc2cc(C=O)ccc2N2CCN(c3ccccc3C)CC2)o1. The quantitative estimate of drug-likeness (QED) is 0.644. The lowest BCUT2D eigenvalue weighted by Crippen LogP contribution is -2.47. The average molecular weight is 403 g/mol. The van der Waals surface area contributed by atoms with E-state index in [1.807, 2.05) is 6.07 Å².